The van der Waals surface area contributed by atoms with E-state index in [1.54, 1.807) is 55.1 Å². The Kier molecular flexibility index (Phi) is 6.62. The van der Waals surface area contributed by atoms with Crippen LogP contribution in [0, 0.1) is 10.5 Å². The van der Waals surface area contributed by atoms with E-state index in [1.165, 1.54) is 28.9 Å². The molecule has 174 valence electrons. The zero-order chi connectivity index (χ0) is 24.5. The minimum atomic E-state index is -4.14. The molecule has 0 bridgehead atoms. The van der Waals surface area contributed by atoms with E-state index < -0.39 is 21.5 Å². The second kappa shape index (κ2) is 9.47. The van der Waals surface area contributed by atoms with Gasteiger partial charge >= 0.3 is 0 Å². The fraction of sp³-hybridized carbons (Fsp3) is 0.0833. The molecule has 8 nitrogen and oxygen atoms in total. The van der Waals surface area contributed by atoms with E-state index in [0.717, 1.165) is 3.57 Å². The van der Waals surface area contributed by atoms with E-state index in [0.29, 0.717) is 17.1 Å². The molecule has 0 saturated heterocycles. The van der Waals surface area contributed by atoms with Crippen LogP contribution in [-0.4, -0.2) is 23.7 Å². The molecule has 0 radical (unpaired) electrons. The third-order valence-corrected chi connectivity index (χ3v) is 7.37. The molecule has 0 atom stereocenters. The number of nitrogens with zero attached hydrogens (tertiary/aromatic N) is 2. The maximum absolute atomic E-state index is 13.1. The molecule has 3 aromatic carbocycles. The van der Waals surface area contributed by atoms with Crippen molar-refractivity contribution in [2.45, 2.75) is 11.8 Å². The van der Waals surface area contributed by atoms with E-state index in [1.807, 2.05) is 18.2 Å². The van der Waals surface area contributed by atoms with Crippen LogP contribution >= 0.6 is 22.6 Å². The topological polar surface area (TPSA) is 102 Å². The van der Waals surface area contributed by atoms with Crippen LogP contribution in [0.2, 0.25) is 0 Å². The SMILES string of the molecule is Cc1c(NS(=O)(=O)c2cccc(C(=O)Nc3ccc(I)cc3)c2)c(=O)n(-c2ccccc2)n1C. The van der Waals surface area contributed by atoms with Crippen molar-refractivity contribution >= 4 is 49.9 Å². The number of carbonyl (C=O) groups is 1. The van der Waals surface area contributed by atoms with E-state index in [-0.39, 0.29) is 16.1 Å². The summed E-state index contributed by atoms with van der Waals surface area (Å²) in [5.41, 5.74) is 1.27. The van der Waals surface area contributed by atoms with Crippen LogP contribution in [-0.2, 0) is 17.1 Å². The Balaban J connectivity index is 1.63. The summed E-state index contributed by atoms with van der Waals surface area (Å²) in [5, 5.41) is 2.75. The number of sulfonamides is 1. The van der Waals surface area contributed by atoms with Gasteiger partial charge in [0.1, 0.15) is 5.69 Å². The molecule has 1 heterocycles. The smallest absolute Gasteiger partial charge is 0.296 e. The van der Waals surface area contributed by atoms with Crippen molar-refractivity contribution in [2.24, 2.45) is 7.05 Å². The summed E-state index contributed by atoms with van der Waals surface area (Å²) in [6.07, 6.45) is 0. The highest BCUT2D eigenvalue weighted by molar-refractivity contribution is 14.1. The first-order valence-corrected chi connectivity index (χ1v) is 12.8. The number of para-hydroxylation sites is 1. The molecule has 0 spiro atoms. The molecule has 1 amide bonds. The average Bonchev–Trinajstić information content (AvgIpc) is 3.04. The molecule has 4 rings (SSSR count). The van der Waals surface area contributed by atoms with Gasteiger partial charge in [0.25, 0.3) is 21.5 Å². The fourth-order valence-electron chi connectivity index (χ4n) is 3.42. The number of halogens is 1. The lowest BCUT2D eigenvalue weighted by Crippen LogP contribution is -2.23. The van der Waals surface area contributed by atoms with Crippen molar-refractivity contribution < 1.29 is 13.2 Å². The standard InChI is InChI=1S/C24H21IN4O4S/c1-16-22(24(31)29(28(16)2)20-8-4-3-5-9-20)27-34(32,33)21-10-6-7-17(15-21)23(30)26-19-13-11-18(25)12-14-19/h3-15,27H,1-2H3,(H,26,30). The van der Waals surface area contributed by atoms with Crippen LogP contribution in [0.4, 0.5) is 11.4 Å². The summed E-state index contributed by atoms with van der Waals surface area (Å²) < 4.78 is 32.7. The van der Waals surface area contributed by atoms with Gasteiger partial charge in [-0.05, 0) is 84.1 Å². The second-order valence-corrected chi connectivity index (χ2v) is 10.5. The lowest BCUT2D eigenvalue weighted by Gasteiger charge is -2.09. The first-order valence-electron chi connectivity index (χ1n) is 10.2. The monoisotopic (exact) mass is 588 g/mol. The number of aromatic nitrogens is 2. The fourth-order valence-corrected chi connectivity index (χ4v) is 4.94. The first-order chi connectivity index (χ1) is 16.2. The molecule has 10 heteroatoms. The normalized spacial score (nSPS) is 11.3. The van der Waals surface area contributed by atoms with Gasteiger partial charge in [0.05, 0.1) is 16.3 Å². The zero-order valence-electron chi connectivity index (χ0n) is 18.3. The molecule has 4 aromatic rings. The number of benzene rings is 3. The lowest BCUT2D eigenvalue weighted by atomic mass is 10.2. The number of hydrogen-bond donors (Lipinski definition) is 2. The van der Waals surface area contributed by atoms with Gasteiger partial charge in [-0.3, -0.25) is 19.0 Å². The Hall–Kier alpha value is -3.38. The predicted octanol–water partition coefficient (Wildman–Crippen LogP) is 4.14. The molecule has 0 aliphatic carbocycles. The van der Waals surface area contributed by atoms with Crippen LogP contribution in [0.3, 0.4) is 0 Å². The quantitative estimate of drug-likeness (QED) is 0.331. The Morgan fingerprint density at radius 2 is 1.62 bits per heavy atom. The minimum Gasteiger partial charge on any atom is -0.322 e. The van der Waals surface area contributed by atoms with Crippen LogP contribution in [0.15, 0.2) is 88.6 Å². The van der Waals surface area contributed by atoms with Gasteiger partial charge in [-0.1, -0.05) is 24.3 Å². The van der Waals surface area contributed by atoms with E-state index >= 15 is 0 Å². The molecule has 0 saturated carbocycles. The third kappa shape index (κ3) is 4.77. The maximum Gasteiger partial charge on any atom is 0.296 e. The zero-order valence-corrected chi connectivity index (χ0v) is 21.3. The Labute approximate surface area is 210 Å². The highest BCUT2D eigenvalue weighted by Gasteiger charge is 2.23. The number of rotatable bonds is 6. The lowest BCUT2D eigenvalue weighted by molar-refractivity contribution is 0.102. The van der Waals surface area contributed by atoms with Gasteiger partial charge in [-0.15, -0.1) is 0 Å². The number of carbonyl (C=O) groups excluding carboxylic acids is 1. The highest BCUT2D eigenvalue weighted by Crippen LogP contribution is 2.20. The summed E-state index contributed by atoms with van der Waals surface area (Å²) in [4.78, 5) is 25.6. The third-order valence-electron chi connectivity index (χ3n) is 5.30. The van der Waals surface area contributed by atoms with Gasteiger partial charge in [0.15, 0.2) is 0 Å². The summed E-state index contributed by atoms with van der Waals surface area (Å²) in [7, 11) is -2.46. The number of nitrogens with one attached hydrogen (secondary N) is 2. The van der Waals surface area contributed by atoms with Crippen LogP contribution in [0.25, 0.3) is 5.69 Å². The van der Waals surface area contributed by atoms with Crippen molar-refractivity contribution in [2.75, 3.05) is 10.0 Å². The molecule has 1 aromatic heterocycles. The molecule has 0 aliphatic heterocycles. The molecule has 0 aliphatic rings. The highest BCUT2D eigenvalue weighted by atomic mass is 127. The molecular weight excluding hydrogens is 567 g/mol. The summed E-state index contributed by atoms with van der Waals surface area (Å²) in [5.74, 6) is -0.444. The van der Waals surface area contributed by atoms with E-state index in [9.17, 15) is 18.0 Å². The first kappa shape index (κ1) is 23.8. The van der Waals surface area contributed by atoms with Gasteiger partial charge in [-0.25, -0.2) is 13.1 Å². The second-order valence-electron chi connectivity index (χ2n) is 7.53. The summed E-state index contributed by atoms with van der Waals surface area (Å²) in [6, 6.07) is 21.8. The van der Waals surface area contributed by atoms with Crippen molar-refractivity contribution in [3.63, 3.8) is 0 Å². The predicted molar refractivity (Wildman–Crippen MR) is 140 cm³/mol. The van der Waals surface area contributed by atoms with Gasteiger partial charge in [-0.2, -0.15) is 0 Å². The Bertz CT molecular complexity index is 1530. The average molecular weight is 588 g/mol. The van der Waals surface area contributed by atoms with Crippen LogP contribution in [0.1, 0.15) is 16.1 Å². The van der Waals surface area contributed by atoms with Gasteiger partial charge in [0.2, 0.25) is 0 Å². The van der Waals surface area contributed by atoms with Crippen molar-refractivity contribution in [1.29, 1.82) is 0 Å². The number of amides is 1. The minimum absolute atomic E-state index is 0.0555. The van der Waals surface area contributed by atoms with Crippen molar-refractivity contribution in [3.8, 4) is 5.69 Å². The van der Waals surface area contributed by atoms with Crippen LogP contribution in [0.5, 0.6) is 0 Å². The van der Waals surface area contributed by atoms with Crippen LogP contribution < -0.4 is 15.6 Å². The number of anilines is 2. The van der Waals surface area contributed by atoms with Crippen molar-refractivity contribution in [1.82, 2.24) is 9.36 Å². The molecule has 34 heavy (non-hydrogen) atoms. The molecule has 0 unspecified atom stereocenters. The maximum atomic E-state index is 13.1. The number of hydrogen-bond acceptors (Lipinski definition) is 4. The summed E-state index contributed by atoms with van der Waals surface area (Å²) >= 11 is 2.16. The Morgan fingerprint density at radius 1 is 0.941 bits per heavy atom. The largest absolute Gasteiger partial charge is 0.322 e. The molecule has 0 fully saturated rings. The molecule has 2 N–H and O–H groups in total. The van der Waals surface area contributed by atoms with Gasteiger partial charge < -0.3 is 5.32 Å². The van der Waals surface area contributed by atoms with Gasteiger partial charge in [0, 0.05) is 21.9 Å². The summed E-state index contributed by atoms with van der Waals surface area (Å²) in [6.45, 7) is 1.66. The van der Waals surface area contributed by atoms with Crippen molar-refractivity contribution in [3.05, 3.63) is 104 Å². The van der Waals surface area contributed by atoms with E-state index in [4.69, 9.17) is 0 Å². The van der Waals surface area contributed by atoms with E-state index in [2.05, 4.69) is 32.6 Å². The molecular formula is C24H21IN4O4S. The Morgan fingerprint density at radius 3 is 2.29 bits per heavy atom.